The van der Waals surface area contributed by atoms with Crippen molar-refractivity contribution < 1.29 is 5.11 Å². The minimum absolute atomic E-state index is 0.245. The summed E-state index contributed by atoms with van der Waals surface area (Å²) in [7, 11) is 1.88. The van der Waals surface area contributed by atoms with Crippen LogP contribution in [0, 0.1) is 0 Å². The van der Waals surface area contributed by atoms with Crippen LogP contribution in [0.4, 0.5) is 0 Å². The summed E-state index contributed by atoms with van der Waals surface area (Å²) in [6, 6.07) is 1.93. The molecular formula is C8H14N2O. The molecule has 1 unspecified atom stereocenters. The van der Waals surface area contributed by atoms with Crippen LogP contribution in [-0.4, -0.2) is 21.0 Å². The summed E-state index contributed by atoms with van der Waals surface area (Å²) in [6.45, 7) is 1.97. The normalized spacial score (nSPS) is 13.4. The minimum atomic E-state index is -0.245. The summed E-state index contributed by atoms with van der Waals surface area (Å²) >= 11 is 0. The lowest BCUT2D eigenvalue weighted by Gasteiger charge is -2.03. The van der Waals surface area contributed by atoms with Crippen LogP contribution < -0.4 is 0 Å². The monoisotopic (exact) mass is 154 g/mol. The number of hydrogen-bond donors (Lipinski definition) is 1. The first-order chi connectivity index (χ1) is 5.22. The van der Waals surface area contributed by atoms with Crippen molar-refractivity contribution in [3.05, 3.63) is 18.0 Å². The van der Waals surface area contributed by atoms with E-state index >= 15 is 0 Å². The summed E-state index contributed by atoms with van der Waals surface area (Å²) in [6.07, 6.45) is 3.09. The Hall–Kier alpha value is -0.830. The van der Waals surface area contributed by atoms with Crippen molar-refractivity contribution >= 4 is 0 Å². The van der Waals surface area contributed by atoms with Crippen molar-refractivity contribution in [2.24, 2.45) is 7.05 Å². The van der Waals surface area contributed by atoms with Crippen LogP contribution in [-0.2, 0) is 13.5 Å². The van der Waals surface area contributed by atoms with Crippen molar-refractivity contribution in [3.63, 3.8) is 0 Å². The van der Waals surface area contributed by atoms with Gasteiger partial charge in [0, 0.05) is 19.7 Å². The molecule has 0 amide bonds. The van der Waals surface area contributed by atoms with Gasteiger partial charge in [0.2, 0.25) is 0 Å². The Labute approximate surface area is 66.7 Å². The lowest BCUT2D eigenvalue weighted by atomic mass is 10.1. The fourth-order valence-electron chi connectivity index (χ4n) is 0.958. The number of nitrogens with zero attached hydrogens (tertiary/aromatic N) is 2. The molecule has 3 heteroatoms. The third-order valence-corrected chi connectivity index (χ3v) is 1.68. The van der Waals surface area contributed by atoms with Gasteiger partial charge in [0.15, 0.2) is 0 Å². The van der Waals surface area contributed by atoms with Crippen LogP contribution in [0.3, 0.4) is 0 Å². The number of aromatic nitrogens is 2. The average molecular weight is 154 g/mol. The molecule has 1 aromatic rings. The molecule has 0 aliphatic carbocycles. The molecule has 11 heavy (non-hydrogen) atoms. The maximum Gasteiger partial charge on any atom is 0.0650 e. The summed E-state index contributed by atoms with van der Waals surface area (Å²) in [5.74, 6) is 0. The molecule has 0 spiro atoms. The van der Waals surface area contributed by atoms with E-state index in [0.29, 0.717) is 6.42 Å². The molecule has 1 heterocycles. The molecule has 0 aliphatic rings. The molecule has 0 aromatic carbocycles. The van der Waals surface area contributed by atoms with E-state index < -0.39 is 0 Å². The molecule has 1 aromatic heterocycles. The third-order valence-electron chi connectivity index (χ3n) is 1.68. The quantitative estimate of drug-likeness (QED) is 0.697. The maximum absolute atomic E-state index is 9.27. The molecule has 0 aliphatic heterocycles. The number of hydrogen-bond acceptors (Lipinski definition) is 2. The molecule has 3 nitrogen and oxygen atoms in total. The molecule has 62 valence electrons. The Bertz CT molecular complexity index is 220. The minimum Gasteiger partial charge on any atom is -0.393 e. The van der Waals surface area contributed by atoms with Gasteiger partial charge in [0.25, 0.3) is 0 Å². The van der Waals surface area contributed by atoms with E-state index in [9.17, 15) is 5.11 Å². The van der Waals surface area contributed by atoms with Gasteiger partial charge in [-0.3, -0.25) is 4.68 Å². The van der Waals surface area contributed by atoms with Gasteiger partial charge in [0.1, 0.15) is 0 Å². The van der Waals surface area contributed by atoms with Gasteiger partial charge in [-0.2, -0.15) is 5.10 Å². The summed E-state index contributed by atoms with van der Waals surface area (Å²) in [5.41, 5.74) is 0.960. The predicted octanol–water partition coefficient (Wildman–Crippen LogP) is 0.733. The topological polar surface area (TPSA) is 38.0 Å². The second-order valence-electron chi connectivity index (χ2n) is 2.75. The molecule has 0 bridgehead atoms. The van der Waals surface area contributed by atoms with E-state index in [1.54, 1.807) is 4.68 Å². The largest absolute Gasteiger partial charge is 0.393 e. The van der Waals surface area contributed by atoms with Gasteiger partial charge in [-0.25, -0.2) is 0 Å². The third kappa shape index (κ3) is 2.35. The molecule has 0 saturated heterocycles. The first kappa shape index (κ1) is 8.27. The zero-order valence-electron chi connectivity index (χ0n) is 6.99. The van der Waals surface area contributed by atoms with Crippen LogP contribution in [0.1, 0.15) is 19.0 Å². The predicted molar refractivity (Wildman–Crippen MR) is 43.2 cm³/mol. The zero-order valence-corrected chi connectivity index (χ0v) is 6.99. The first-order valence-corrected chi connectivity index (χ1v) is 3.89. The smallest absolute Gasteiger partial charge is 0.0650 e. The van der Waals surface area contributed by atoms with Gasteiger partial charge >= 0.3 is 0 Å². The van der Waals surface area contributed by atoms with Crippen LogP contribution in [0.2, 0.25) is 0 Å². The molecule has 0 radical (unpaired) electrons. The van der Waals surface area contributed by atoms with E-state index in [0.717, 1.165) is 12.1 Å². The van der Waals surface area contributed by atoms with Crippen molar-refractivity contribution in [2.45, 2.75) is 25.9 Å². The highest BCUT2D eigenvalue weighted by Crippen LogP contribution is 2.01. The van der Waals surface area contributed by atoms with Gasteiger partial charge < -0.3 is 5.11 Å². The van der Waals surface area contributed by atoms with Crippen molar-refractivity contribution in [1.29, 1.82) is 0 Å². The van der Waals surface area contributed by atoms with E-state index in [1.165, 1.54) is 0 Å². The van der Waals surface area contributed by atoms with Crippen molar-refractivity contribution in [2.75, 3.05) is 0 Å². The Morgan fingerprint density at radius 1 is 1.73 bits per heavy atom. The zero-order chi connectivity index (χ0) is 8.27. The maximum atomic E-state index is 9.27. The molecule has 1 atom stereocenters. The molecule has 1 N–H and O–H groups in total. The summed E-state index contributed by atoms with van der Waals surface area (Å²) in [5, 5.41) is 13.4. The van der Waals surface area contributed by atoms with Gasteiger partial charge in [-0.1, -0.05) is 6.92 Å². The first-order valence-electron chi connectivity index (χ1n) is 3.89. The van der Waals surface area contributed by atoms with Gasteiger partial charge in [-0.05, 0) is 12.5 Å². The highest BCUT2D eigenvalue weighted by Gasteiger charge is 2.03. The second-order valence-corrected chi connectivity index (χ2v) is 2.75. The molecule has 0 fully saturated rings. The van der Waals surface area contributed by atoms with Crippen LogP contribution in [0.25, 0.3) is 0 Å². The average Bonchev–Trinajstić information content (AvgIpc) is 2.35. The molecule has 0 saturated carbocycles. The van der Waals surface area contributed by atoms with E-state index in [1.807, 2.05) is 26.2 Å². The molecule has 1 rings (SSSR count). The standard InChI is InChI=1S/C8H14N2O/c1-3-8(11)6-7-4-5-10(2)9-7/h4-5,8,11H,3,6H2,1-2H3. The highest BCUT2D eigenvalue weighted by atomic mass is 16.3. The van der Waals surface area contributed by atoms with Crippen LogP contribution >= 0.6 is 0 Å². The van der Waals surface area contributed by atoms with Crippen molar-refractivity contribution in [1.82, 2.24) is 9.78 Å². The van der Waals surface area contributed by atoms with Crippen molar-refractivity contribution in [3.8, 4) is 0 Å². The number of rotatable bonds is 3. The van der Waals surface area contributed by atoms with Crippen LogP contribution in [0.15, 0.2) is 12.3 Å². The fraction of sp³-hybridized carbons (Fsp3) is 0.625. The Morgan fingerprint density at radius 3 is 2.91 bits per heavy atom. The fourth-order valence-corrected chi connectivity index (χ4v) is 0.958. The second kappa shape index (κ2) is 3.53. The lowest BCUT2D eigenvalue weighted by Crippen LogP contribution is -2.09. The summed E-state index contributed by atoms with van der Waals surface area (Å²) in [4.78, 5) is 0. The summed E-state index contributed by atoms with van der Waals surface area (Å²) < 4.78 is 1.75. The Morgan fingerprint density at radius 2 is 2.45 bits per heavy atom. The van der Waals surface area contributed by atoms with Gasteiger partial charge in [0.05, 0.1) is 11.8 Å². The van der Waals surface area contributed by atoms with Gasteiger partial charge in [-0.15, -0.1) is 0 Å². The molecular weight excluding hydrogens is 140 g/mol. The number of aryl methyl sites for hydroxylation is 1. The Kier molecular flexibility index (Phi) is 2.65. The van der Waals surface area contributed by atoms with E-state index in [2.05, 4.69) is 5.10 Å². The van der Waals surface area contributed by atoms with E-state index in [4.69, 9.17) is 0 Å². The SMILES string of the molecule is CCC(O)Cc1ccn(C)n1. The Balaban J connectivity index is 2.50. The van der Waals surface area contributed by atoms with E-state index in [-0.39, 0.29) is 6.10 Å². The number of aliphatic hydroxyl groups excluding tert-OH is 1. The van der Waals surface area contributed by atoms with Crippen LogP contribution in [0.5, 0.6) is 0 Å². The number of aliphatic hydroxyl groups is 1. The highest BCUT2D eigenvalue weighted by molar-refractivity contribution is 4.99. The lowest BCUT2D eigenvalue weighted by molar-refractivity contribution is 0.169.